The van der Waals surface area contributed by atoms with Crippen LogP contribution in [-0.4, -0.2) is 62.6 Å². The number of anilines is 2. The molecule has 2 unspecified atom stereocenters. The van der Waals surface area contributed by atoms with Gasteiger partial charge in [0.25, 0.3) is 0 Å². The molecule has 0 radical (unpaired) electrons. The number of likely N-dealkylation sites (tertiary alicyclic amines) is 1. The van der Waals surface area contributed by atoms with E-state index in [0.717, 1.165) is 62.8 Å². The lowest BCUT2D eigenvalue weighted by Crippen LogP contribution is -2.39. The van der Waals surface area contributed by atoms with E-state index in [1.807, 2.05) is 53.2 Å². The number of carbonyl (C=O) groups excluding carboxylic acids is 2. The molecular formula is C40H50N8O3. The zero-order valence-electron chi connectivity index (χ0n) is 29.7. The molecule has 7 rings (SSSR count). The van der Waals surface area contributed by atoms with Gasteiger partial charge in [-0.25, -0.2) is 14.6 Å². The van der Waals surface area contributed by atoms with Crippen molar-refractivity contribution in [3.05, 3.63) is 67.5 Å². The van der Waals surface area contributed by atoms with Gasteiger partial charge >= 0.3 is 0 Å². The molecule has 11 heteroatoms. The number of para-hydroxylation sites is 1. The summed E-state index contributed by atoms with van der Waals surface area (Å²) in [5.74, 6) is 2.99. The molecule has 11 nitrogen and oxygen atoms in total. The molecule has 3 heterocycles. The van der Waals surface area contributed by atoms with Crippen molar-refractivity contribution in [3.8, 4) is 22.8 Å². The minimum atomic E-state index is -0.354. The maximum absolute atomic E-state index is 12.9. The average molecular weight is 691 g/mol. The maximum Gasteiger partial charge on any atom is 0.247 e. The monoisotopic (exact) mass is 690 g/mol. The van der Waals surface area contributed by atoms with Gasteiger partial charge in [-0.05, 0) is 98.7 Å². The van der Waals surface area contributed by atoms with Crippen LogP contribution < -0.4 is 21.1 Å². The van der Waals surface area contributed by atoms with Crippen molar-refractivity contribution in [2.45, 2.75) is 77.2 Å². The number of nitrogens with zero attached hydrogens (tertiary/aromatic N) is 5. The summed E-state index contributed by atoms with van der Waals surface area (Å²) < 4.78 is 8.11. The first kappa shape index (κ1) is 34.7. The summed E-state index contributed by atoms with van der Waals surface area (Å²) in [5.41, 5.74) is 9.18. The summed E-state index contributed by atoms with van der Waals surface area (Å²) in [6.07, 6.45) is 14.0. The highest BCUT2D eigenvalue weighted by atomic mass is 16.5. The zero-order chi connectivity index (χ0) is 35.4. The number of nitrogen functional groups attached to an aromatic ring is 1. The second-order valence-electron chi connectivity index (χ2n) is 15.1. The SMILES string of the molecule is C=CC(=O)Nc1cc(-c2nn(C3CCN(CCCNC(=O)CC4(C)CC5CCCC(C5)C4)CC3)c3ncnc(N)c23)ccc1Oc1ccccc1. The summed E-state index contributed by atoms with van der Waals surface area (Å²) in [6.45, 7) is 9.47. The largest absolute Gasteiger partial charge is 0.455 e. The predicted molar refractivity (Wildman–Crippen MR) is 200 cm³/mol. The number of aromatic nitrogens is 4. The van der Waals surface area contributed by atoms with E-state index in [0.29, 0.717) is 46.2 Å². The van der Waals surface area contributed by atoms with Crippen LogP contribution in [0.15, 0.2) is 67.5 Å². The van der Waals surface area contributed by atoms with Gasteiger partial charge in [0.05, 0.1) is 17.1 Å². The lowest BCUT2D eigenvalue weighted by molar-refractivity contribution is -0.124. The third-order valence-electron chi connectivity index (χ3n) is 11.1. The van der Waals surface area contributed by atoms with Gasteiger partial charge in [-0.15, -0.1) is 0 Å². The van der Waals surface area contributed by atoms with Gasteiger partial charge in [0.2, 0.25) is 11.8 Å². The Morgan fingerprint density at radius 1 is 1.06 bits per heavy atom. The highest BCUT2D eigenvalue weighted by Gasteiger charge is 2.40. The molecule has 4 N–H and O–H groups in total. The number of nitrogens with one attached hydrogen (secondary N) is 2. The number of amides is 2. The molecule has 3 aliphatic rings. The van der Waals surface area contributed by atoms with Gasteiger partial charge in [-0.2, -0.15) is 5.10 Å². The van der Waals surface area contributed by atoms with Crippen molar-refractivity contribution in [2.24, 2.45) is 17.3 Å². The fourth-order valence-electron chi connectivity index (χ4n) is 8.88. The number of benzene rings is 2. The fraction of sp³-hybridized carbons (Fsp3) is 0.475. The Morgan fingerprint density at radius 3 is 2.57 bits per heavy atom. The van der Waals surface area contributed by atoms with Crippen molar-refractivity contribution in [3.63, 3.8) is 0 Å². The van der Waals surface area contributed by atoms with E-state index in [2.05, 4.69) is 39.0 Å². The van der Waals surface area contributed by atoms with Crippen LogP contribution in [-0.2, 0) is 9.59 Å². The van der Waals surface area contributed by atoms with Crippen LogP contribution in [0.3, 0.4) is 0 Å². The van der Waals surface area contributed by atoms with Crippen LogP contribution in [0.5, 0.6) is 11.5 Å². The van der Waals surface area contributed by atoms with Gasteiger partial charge in [0, 0.05) is 31.6 Å². The number of hydrogen-bond donors (Lipinski definition) is 3. The Kier molecular flexibility index (Phi) is 10.4. The molecule has 268 valence electrons. The van der Waals surface area contributed by atoms with E-state index in [4.69, 9.17) is 15.6 Å². The normalized spacial score (nSPS) is 22.4. The molecule has 4 aromatic rings. The predicted octanol–water partition coefficient (Wildman–Crippen LogP) is 7.13. The number of nitrogens with two attached hydrogens (primary N) is 1. The van der Waals surface area contributed by atoms with Crippen molar-refractivity contribution in [1.29, 1.82) is 0 Å². The highest BCUT2D eigenvalue weighted by molar-refractivity contribution is 6.02. The third kappa shape index (κ3) is 8.09. The molecular weight excluding hydrogens is 640 g/mol. The number of ether oxygens (including phenoxy) is 1. The number of piperidine rings is 1. The molecule has 2 atom stereocenters. The number of carbonyl (C=O) groups is 2. The van der Waals surface area contributed by atoms with Crippen LogP contribution in [0.1, 0.15) is 77.2 Å². The third-order valence-corrected chi connectivity index (χ3v) is 11.1. The second kappa shape index (κ2) is 15.2. The van der Waals surface area contributed by atoms with Crippen LogP contribution >= 0.6 is 0 Å². The maximum atomic E-state index is 12.9. The number of fused-ring (bicyclic) bond motifs is 3. The Morgan fingerprint density at radius 2 is 1.82 bits per heavy atom. The van der Waals surface area contributed by atoms with Crippen molar-refractivity contribution < 1.29 is 14.3 Å². The van der Waals surface area contributed by atoms with E-state index >= 15 is 0 Å². The van der Waals surface area contributed by atoms with Crippen LogP contribution in [0, 0.1) is 17.3 Å². The summed E-state index contributed by atoms with van der Waals surface area (Å²) >= 11 is 0. The number of hydrogen-bond acceptors (Lipinski definition) is 8. The second-order valence-corrected chi connectivity index (χ2v) is 15.1. The lowest BCUT2D eigenvalue weighted by atomic mass is 9.60. The molecule has 1 aliphatic heterocycles. The van der Waals surface area contributed by atoms with E-state index in [9.17, 15) is 9.59 Å². The van der Waals surface area contributed by atoms with Gasteiger partial charge in [-0.3, -0.25) is 9.59 Å². The van der Waals surface area contributed by atoms with Crippen molar-refractivity contribution >= 4 is 34.4 Å². The molecule has 3 fully saturated rings. The highest BCUT2D eigenvalue weighted by Crippen LogP contribution is 2.50. The van der Waals surface area contributed by atoms with Crippen molar-refractivity contribution in [1.82, 2.24) is 30.0 Å². The molecule has 2 bridgehead atoms. The van der Waals surface area contributed by atoms with Crippen molar-refractivity contribution in [2.75, 3.05) is 37.2 Å². The molecule has 2 aromatic heterocycles. The first-order chi connectivity index (χ1) is 24.8. The van der Waals surface area contributed by atoms with Crippen LogP contribution in [0.4, 0.5) is 11.5 Å². The molecule has 2 aliphatic carbocycles. The minimum absolute atomic E-state index is 0.142. The van der Waals surface area contributed by atoms with Gasteiger partial charge < -0.3 is 26.0 Å². The van der Waals surface area contributed by atoms with Crippen LogP contribution in [0.25, 0.3) is 22.3 Å². The number of rotatable bonds is 12. The fourth-order valence-corrected chi connectivity index (χ4v) is 8.88. The molecule has 0 spiro atoms. The van der Waals surface area contributed by atoms with E-state index < -0.39 is 0 Å². The molecule has 2 saturated carbocycles. The average Bonchev–Trinajstić information content (AvgIpc) is 3.52. The Labute approximate surface area is 300 Å². The Hall–Kier alpha value is -4.77. The van der Waals surface area contributed by atoms with Crippen LogP contribution in [0.2, 0.25) is 0 Å². The van der Waals surface area contributed by atoms with Gasteiger partial charge in [0.1, 0.15) is 23.6 Å². The minimum Gasteiger partial charge on any atom is -0.455 e. The summed E-state index contributed by atoms with van der Waals surface area (Å²) in [5, 5.41) is 11.9. The first-order valence-corrected chi connectivity index (χ1v) is 18.6. The molecule has 1 saturated heterocycles. The van der Waals surface area contributed by atoms with Gasteiger partial charge in [0.15, 0.2) is 11.4 Å². The van der Waals surface area contributed by atoms with E-state index in [1.165, 1.54) is 50.9 Å². The molecule has 2 aromatic carbocycles. The molecule has 2 amide bonds. The van der Waals surface area contributed by atoms with E-state index in [1.54, 1.807) is 0 Å². The zero-order valence-corrected chi connectivity index (χ0v) is 29.7. The van der Waals surface area contributed by atoms with E-state index in [-0.39, 0.29) is 23.3 Å². The quantitative estimate of drug-likeness (QED) is 0.105. The lowest BCUT2D eigenvalue weighted by Gasteiger charge is -2.45. The summed E-state index contributed by atoms with van der Waals surface area (Å²) in [6, 6.07) is 15.1. The molecule has 51 heavy (non-hydrogen) atoms. The Balaban J connectivity index is 0.984. The smallest absolute Gasteiger partial charge is 0.247 e. The summed E-state index contributed by atoms with van der Waals surface area (Å²) in [4.78, 5) is 36.7. The standard InChI is InChI=1S/C40H50N8O3/c1-3-34(49)45-32-22-29(13-14-33(32)51-31-11-5-4-6-12-31)37-36-38(41)43-26-44-39(36)48(46-37)30-15-19-47(20-16-30)18-8-17-42-35(50)25-40(2)23-27-9-7-10-28(21-27)24-40/h3-6,11-14,22,26-28,30H,1,7-10,15-21,23-25H2,2H3,(H,42,50)(H,45,49)(H2,41,43,44). The summed E-state index contributed by atoms with van der Waals surface area (Å²) in [7, 11) is 0. The van der Waals surface area contributed by atoms with Gasteiger partial charge in [-0.1, -0.05) is 51.0 Å². The topological polar surface area (TPSA) is 140 Å². The first-order valence-electron chi connectivity index (χ1n) is 18.6. The Bertz CT molecular complexity index is 1850.